The lowest BCUT2D eigenvalue weighted by atomic mass is 9.72. The predicted octanol–water partition coefficient (Wildman–Crippen LogP) is 4.30. The summed E-state index contributed by atoms with van der Waals surface area (Å²) >= 11 is 6.21. The van der Waals surface area contributed by atoms with Gasteiger partial charge in [0, 0.05) is 5.56 Å². The Labute approximate surface area is 140 Å². The van der Waals surface area contributed by atoms with Crippen LogP contribution in [0.4, 0.5) is 0 Å². The van der Waals surface area contributed by atoms with Gasteiger partial charge in [-0.1, -0.05) is 54.6 Å². The number of aliphatic hydroxyl groups is 1. The molecule has 0 spiro atoms. The van der Waals surface area contributed by atoms with E-state index < -0.39 is 5.60 Å². The van der Waals surface area contributed by atoms with Crippen molar-refractivity contribution in [2.45, 2.75) is 17.9 Å². The van der Waals surface area contributed by atoms with Gasteiger partial charge in [-0.25, -0.2) is 0 Å². The maximum absolute atomic E-state index is 11.8. The number of aryl methyl sites for hydroxylation is 1. The Morgan fingerprint density at radius 2 is 1.87 bits per heavy atom. The Bertz CT molecular complexity index is 810. The van der Waals surface area contributed by atoms with E-state index >= 15 is 0 Å². The molecule has 0 aromatic heterocycles. The smallest absolute Gasteiger partial charge is 0.133 e. The number of halogens is 1. The van der Waals surface area contributed by atoms with Gasteiger partial charge in [0.25, 0.3) is 0 Å². The van der Waals surface area contributed by atoms with E-state index in [0.29, 0.717) is 11.5 Å². The van der Waals surface area contributed by atoms with Gasteiger partial charge in [0.05, 0.1) is 11.3 Å². The number of ether oxygens (including phenoxy) is 1. The van der Waals surface area contributed by atoms with Crippen molar-refractivity contribution in [2.75, 3.05) is 0 Å². The molecule has 0 bridgehead atoms. The maximum Gasteiger partial charge on any atom is 0.133 e. The average Bonchev–Trinajstić information content (AvgIpc) is 2.55. The summed E-state index contributed by atoms with van der Waals surface area (Å²) in [6, 6.07) is 15.7. The lowest BCUT2D eigenvalue weighted by Crippen LogP contribution is -2.42. The molecule has 0 fully saturated rings. The number of hydrogen-bond acceptors (Lipinski definition) is 2. The minimum Gasteiger partial charge on any atom is -0.461 e. The highest BCUT2D eigenvalue weighted by molar-refractivity contribution is 6.23. The molecule has 1 heterocycles. The first-order valence-electron chi connectivity index (χ1n) is 7.70. The van der Waals surface area contributed by atoms with Crippen LogP contribution in [-0.4, -0.2) is 10.5 Å². The van der Waals surface area contributed by atoms with E-state index in [-0.39, 0.29) is 11.3 Å². The molecule has 3 unspecified atom stereocenters. The van der Waals surface area contributed by atoms with Gasteiger partial charge in [0.15, 0.2) is 0 Å². The molecule has 2 aromatic carbocycles. The molecule has 1 N–H and O–H groups in total. The molecule has 2 aliphatic rings. The third kappa shape index (κ3) is 2.21. The van der Waals surface area contributed by atoms with Crippen molar-refractivity contribution in [1.82, 2.24) is 0 Å². The molecular weight excluding hydrogens is 308 g/mol. The van der Waals surface area contributed by atoms with Gasteiger partial charge in [-0.3, -0.25) is 0 Å². The van der Waals surface area contributed by atoms with E-state index in [4.69, 9.17) is 16.3 Å². The molecule has 3 heteroatoms. The Morgan fingerprint density at radius 1 is 1.09 bits per heavy atom. The third-order valence-corrected chi connectivity index (χ3v) is 4.83. The van der Waals surface area contributed by atoms with Crippen molar-refractivity contribution in [3.05, 3.63) is 89.2 Å². The van der Waals surface area contributed by atoms with Gasteiger partial charge >= 0.3 is 0 Å². The maximum atomic E-state index is 11.8. The molecule has 0 saturated carbocycles. The Kier molecular flexibility index (Phi) is 3.33. The first-order valence-corrected chi connectivity index (χ1v) is 8.13. The summed E-state index contributed by atoms with van der Waals surface area (Å²) in [5.41, 5.74) is 1.56. The van der Waals surface area contributed by atoms with Crippen LogP contribution >= 0.6 is 11.6 Å². The Balaban J connectivity index is 1.98. The van der Waals surface area contributed by atoms with E-state index in [1.54, 1.807) is 0 Å². The predicted molar refractivity (Wildman–Crippen MR) is 91.6 cm³/mol. The van der Waals surface area contributed by atoms with Crippen molar-refractivity contribution in [3.63, 3.8) is 0 Å². The highest BCUT2D eigenvalue weighted by Crippen LogP contribution is 2.50. The van der Waals surface area contributed by atoms with Crippen LogP contribution in [0.1, 0.15) is 16.7 Å². The van der Waals surface area contributed by atoms with Gasteiger partial charge in [-0.2, -0.15) is 0 Å². The van der Waals surface area contributed by atoms with Crippen LogP contribution in [0.3, 0.4) is 0 Å². The second kappa shape index (κ2) is 5.26. The largest absolute Gasteiger partial charge is 0.461 e. The van der Waals surface area contributed by atoms with Crippen LogP contribution in [-0.2, 0) is 5.60 Å². The van der Waals surface area contributed by atoms with Crippen LogP contribution in [0.2, 0.25) is 0 Å². The Hall–Kier alpha value is -2.03. The summed E-state index contributed by atoms with van der Waals surface area (Å²) in [6.45, 7) is 2.01. The normalized spacial score (nSPS) is 28.4. The number of allylic oxidation sites excluding steroid dienone is 2. The highest BCUT2D eigenvalue weighted by Gasteiger charge is 2.48. The molecule has 4 rings (SSSR count). The molecule has 3 atom stereocenters. The molecule has 2 aromatic rings. The zero-order valence-corrected chi connectivity index (χ0v) is 13.5. The summed E-state index contributed by atoms with van der Waals surface area (Å²) in [5, 5.41) is 11.5. The molecule has 0 amide bonds. The summed E-state index contributed by atoms with van der Waals surface area (Å²) in [7, 11) is 0. The molecular formula is C20H17ClO2. The van der Waals surface area contributed by atoms with Crippen molar-refractivity contribution in [1.29, 1.82) is 0 Å². The van der Waals surface area contributed by atoms with Crippen LogP contribution in [0.15, 0.2) is 72.5 Å². The van der Waals surface area contributed by atoms with Crippen molar-refractivity contribution in [3.8, 4) is 5.75 Å². The minimum absolute atomic E-state index is 0.215. The van der Waals surface area contributed by atoms with Gasteiger partial charge in [0.1, 0.15) is 17.1 Å². The molecule has 1 aliphatic heterocycles. The number of benzene rings is 2. The first-order chi connectivity index (χ1) is 11.1. The average molecular weight is 325 g/mol. The standard InChI is InChI=1S/C20H17ClO2/c1-13-7-9-16-18(11-13)23-19-12-15(21)8-10-17(19)20(16,22)14-5-3-2-4-6-14/h2-12,15,17,22H,1H3. The monoisotopic (exact) mass is 324 g/mol. The highest BCUT2D eigenvalue weighted by atomic mass is 35.5. The molecule has 0 radical (unpaired) electrons. The number of rotatable bonds is 1. The number of fused-ring (bicyclic) bond motifs is 2. The van der Waals surface area contributed by atoms with E-state index in [2.05, 4.69) is 0 Å². The summed E-state index contributed by atoms with van der Waals surface area (Å²) < 4.78 is 6.07. The quantitative estimate of drug-likeness (QED) is 0.626. The Morgan fingerprint density at radius 3 is 2.65 bits per heavy atom. The fraction of sp³-hybridized carbons (Fsp3) is 0.200. The molecule has 116 valence electrons. The number of hydrogen-bond donors (Lipinski definition) is 1. The minimum atomic E-state index is -1.16. The van der Waals surface area contributed by atoms with Crippen LogP contribution in [0.5, 0.6) is 5.75 Å². The van der Waals surface area contributed by atoms with E-state index in [0.717, 1.165) is 16.7 Å². The number of alkyl halides is 1. The zero-order chi connectivity index (χ0) is 16.0. The zero-order valence-electron chi connectivity index (χ0n) is 12.7. The summed E-state index contributed by atoms with van der Waals surface area (Å²) in [4.78, 5) is 0. The summed E-state index contributed by atoms with van der Waals surface area (Å²) in [6.07, 6.45) is 5.71. The first kappa shape index (κ1) is 14.6. The van der Waals surface area contributed by atoms with Crippen LogP contribution in [0.25, 0.3) is 0 Å². The molecule has 1 aliphatic carbocycles. The van der Waals surface area contributed by atoms with Crippen LogP contribution < -0.4 is 4.74 Å². The van der Waals surface area contributed by atoms with Crippen molar-refractivity contribution >= 4 is 11.6 Å². The molecule has 2 nitrogen and oxygen atoms in total. The topological polar surface area (TPSA) is 29.5 Å². The SMILES string of the molecule is Cc1ccc2c(c1)OC1=CC(Cl)C=CC1C2(O)c1ccccc1. The second-order valence-electron chi connectivity index (χ2n) is 6.11. The van der Waals surface area contributed by atoms with Crippen LogP contribution in [0, 0.1) is 12.8 Å². The summed E-state index contributed by atoms with van der Waals surface area (Å²) in [5.74, 6) is 1.12. The van der Waals surface area contributed by atoms with E-state index in [1.807, 2.05) is 73.7 Å². The van der Waals surface area contributed by atoms with Gasteiger partial charge in [-0.05, 0) is 30.2 Å². The lowest BCUT2D eigenvalue weighted by Gasteiger charge is -2.42. The molecule has 23 heavy (non-hydrogen) atoms. The second-order valence-corrected chi connectivity index (χ2v) is 6.61. The van der Waals surface area contributed by atoms with E-state index in [1.165, 1.54) is 0 Å². The van der Waals surface area contributed by atoms with Gasteiger partial charge in [0.2, 0.25) is 0 Å². The van der Waals surface area contributed by atoms with Gasteiger partial charge < -0.3 is 9.84 Å². The van der Waals surface area contributed by atoms with Crippen molar-refractivity contribution < 1.29 is 9.84 Å². The lowest BCUT2D eigenvalue weighted by molar-refractivity contribution is 0.0203. The molecule has 0 saturated heterocycles. The third-order valence-electron chi connectivity index (χ3n) is 4.56. The van der Waals surface area contributed by atoms with E-state index in [9.17, 15) is 5.11 Å². The fourth-order valence-corrected chi connectivity index (χ4v) is 3.63. The van der Waals surface area contributed by atoms with Crippen molar-refractivity contribution in [2.24, 2.45) is 5.92 Å². The fourth-order valence-electron chi connectivity index (χ4n) is 3.42. The van der Waals surface area contributed by atoms with Gasteiger partial charge in [-0.15, -0.1) is 11.6 Å².